The number of anilines is 2. The number of aromatic amines is 2. The van der Waals surface area contributed by atoms with Crippen LogP contribution in [0.4, 0.5) is 11.4 Å². The number of para-hydroxylation sites is 1. The number of aromatic nitrogens is 2. The van der Waals surface area contributed by atoms with Crippen LogP contribution < -0.4 is 26.8 Å². The molecule has 0 saturated heterocycles. The molecule has 1 heterocycles. The Morgan fingerprint density at radius 2 is 1.68 bits per heavy atom. The van der Waals surface area contributed by atoms with Gasteiger partial charge in [0.1, 0.15) is 5.69 Å². The number of amides is 2. The van der Waals surface area contributed by atoms with Crippen LogP contribution in [0.5, 0.6) is 0 Å². The molecule has 3 aromatic rings. The fraction of sp³-hybridized carbons (Fsp3) is 0.0526. The molecule has 0 spiro atoms. The van der Waals surface area contributed by atoms with E-state index in [1.165, 1.54) is 0 Å². The van der Waals surface area contributed by atoms with Crippen molar-refractivity contribution in [3.8, 4) is 0 Å². The van der Waals surface area contributed by atoms with Crippen molar-refractivity contribution in [1.82, 2.24) is 15.5 Å². The molecule has 3 rings (SSSR count). The van der Waals surface area contributed by atoms with Gasteiger partial charge < -0.3 is 4.98 Å². The molecule has 142 valence electrons. The minimum atomic E-state index is -0.791. The zero-order chi connectivity index (χ0) is 20.1. The highest BCUT2D eigenvalue weighted by Crippen LogP contribution is 2.20. The Kier molecular flexibility index (Phi) is 5.47. The quantitative estimate of drug-likeness (QED) is 0.438. The largest absolute Gasteiger partial charge is 0.325 e. The van der Waals surface area contributed by atoms with Crippen LogP contribution >= 0.6 is 0 Å². The van der Waals surface area contributed by atoms with Gasteiger partial charge in [-0.2, -0.15) is 0 Å². The number of hydrogen-bond acceptors (Lipinski definition) is 5. The van der Waals surface area contributed by atoms with E-state index < -0.39 is 17.2 Å². The molecule has 2 aromatic carbocycles. The van der Waals surface area contributed by atoms with Crippen LogP contribution in [0, 0.1) is 6.92 Å². The van der Waals surface area contributed by atoms with Crippen LogP contribution in [-0.4, -0.2) is 22.3 Å². The lowest BCUT2D eigenvalue weighted by molar-refractivity contribution is -0.108. The summed E-state index contributed by atoms with van der Waals surface area (Å²) in [6.45, 7) is 1.81. The van der Waals surface area contributed by atoms with Gasteiger partial charge in [0.2, 0.25) is 6.41 Å². The molecule has 2 amide bonds. The molecular formula is C19H17N5O4. The molecule has 0 unspecified atom stereocenters. The summed E-state index contributed by atoms with van der Waals surface area (Å²) < 4.78 is 0. The molecule has 9 heteroatoms. The van der Waals surface area contributed by atoms with Gasteiger partial charge in [-0.3, -0.25) is 19.4 Å². The van der Waals surface area contributed by atoms with Crippen molar-refractivity contribution in [1.29, 1.82) is 0 Å². The van der Waals surface area contributed by atoms with Gasteiger partial charge in [-0.05, 0) is 30.7 Å². The third-order valence-corrected chi connectivity index (χ3v) is 3.95. The van der Waals surface area contributed by atoms with Crippen LogP contribution in [0.2, 0.25) is 0 Å². The van der Waals surface area contributed by atoms with E-state index in [-0.39, 0.29) is 5.69 Å². The first-order valence-corrected chi connectivity index (χ1v) is 8.29. The molecule has 0 aliphatic heterocycles. The number of carbonyl (C=O) groups is 2. The summed E-state index contributed by atoms with van der Waals surface area (Å²) >= 11 is 0. The van der Waals surface area contributed by atoms with E-state index in [1.807, 2.05) is 11.1 Å². The zero-order valence-electron chi connectivity index (χ0n) is 14.9. The topological polar surface area (TPSA) is 118 Å². The molecule has 0 aliphatic rings. The molecule has 0 radical (unpaired) electrons. The van der Waals surface area contributed by atoms with Gasteiger partial charge in [-0.1, -0.05) is 36.4 Å². The summed E-state index contributed by atoms with van der Waals surface area (Å²) in [5.41, 5.74) is 2.58. The third-order valence-electron chi connectivity index (χ3n) is 3.95. The molecule has 1 aromatic heterocycles. The molecule has 28 heavy (non-hydrogen) atoms. The fourth-order valence-electron chi connectivity index (χ4n) is 2.56. The smallest absolute Gasteiger partial charge is 0.312 e. The maximum Gasteiger partial charge on any atom is 0.325 e. The van der Waals surface area contributed by atoms with Gasteiger partial charge in [0.15, 0.2) is 0 Å². The van der Waals surface area contributed by atoms with Crippen molar-refractivity contribution in [2.24, 2.45) is 0 Å². The van der Waals surface area contributed by atoms with E-state index in [2.05, 4.69) is 10.5 Å². The molecule has 0 aliphatic carbocycles. The Morgan fingerprint density at radius 3 is 2.32 bits per heavy atom. The van der Waals surface area contributed by atoms with Gasteiger partial charge in [0.05, 0.1) is 5.69 Å². The van der Waals surface area contributed by atoms with Crippen LogP contribution in [0.15, 0.2) is 70.4 Å². The van der Waals surface area contributed by atoms with E-state index in [0.29, 0.717) is 17.7 Å². The summed E-state index contributed by atoms with van der Waals surface area (Å²) in [7, 11) is 0. The van der Waals surface area contributed by atoms with Gasteiger partial charge in [0, 0.05) is 11.8 Å². The average molecular weight is 379 g/mol. The van der Waals surface area contributed by atoms with Crippen molar-refractivity contribution in [2.45, 2.75) is 6.92 Å². The standard InChI is InChI=1S/C19H17N5O4/c1-13-7-5-6-10-15(13)24(18(27)14-8-3-2-4-9-14)22-23(12-25)16-11-20-19(28)21-17(16)26/h2-12,22H,1H3,(H2,20,21,26,28). The maximum absolute atomic E-state index is 13.1. The number of carbonyl (C=O) groups excluding carboxylic acids is 2. The molecule has 9 nitrogen and oxygen atoms in total. The van der Waals surface area contributed by atoms with Gasteiger partial charge >= 0.3 is 5.69 Å². The summed E-state index contributed by atoms with van der Waals surface area (Å²) in [6, 6.07) is 15.5. The van der Waals surface area contributed by atoms with E-state index >= 15 is 0 Å². The number of hydrazine groups is 2. The second kappa shape index (κ2) is 8.14. The molecule has 0 atom stereocenters. The summed E-state index contributed by atoms with van der Waals surface area (Å²) in [5, 5.41) is 1.96. The number of rotatable bonds is 6. The highest BCUT2D eigenvalue weighted by molar-refractivity contribution is 6.06. The van der Waals surface area contributed by atoms with Crippen molar-refractivity contribution in [3.63, 3.8) is 0 Å². The normalized spacial score (nSPS) is 10.3. The highest BCUT2D eigenvalue weighted by Gasteiger charge is 2.23. The molecule has 0 bridgehead atoms. The zero-order valence-corrected chi connectivity index (χ0v) is 14.9. The monoisotopic (exact) mass is 379 g/mol. The fourth-order valence-corrected chi connectivity index (χ4v) is 2.56. The molecule has 0 saturated carbocycles. The predicted octanol–water partition coefficient (Wildman–Crippen LogP) is 1.10. The number of nitrogens with zero attached hydrogens (tertiary/aromatic N) is 2. The lowest BCUT2D eigenvalue weighted by atomic mass is 10.1. The van der Waals surface area contributed by atoms with Crippen LogP contribution in [-0.2, 0) is 4.79 Å². The van der Waals surface area contributed by atoms with Crippen LogP contribution in [0.3, 0.4) is 0 Å². The number of aryl methyl sites for hydroxylation is 1. The highest BCUT2D eigenvalue weighted by atomic mass is 16.2. The summed E-state index contributed by atoms with van der Waals surface area (Å²) in [4.78, 5) is 52.3. The Morgan fingerprint density at radius 1 is 1.00 bits per heavy atom. The second-order valence-electron chi connectivity index (χ2n) is 5.83. The lowest BCUT2D eigenvalue weighted by Crippen LogP contribution is -2.54. The third kappa shape index (κ3) is 3.89. The van der Waals surface area contributed by atoms with E-state index in [9.17, 15) is 19.2 Å². The van der Waals surface area contributed by atoms with Crippen molar-refractivity contribution in [3.05, 3.63) is 92.8 Å². The maximum atomic E-state index is 13.1. The first kappa shape index (κ1) is 18.8. The van der Waals surface area contributed by atoms with Crippen molar-refractivity contribution >= 4 is 23.7 Å². The Bertz CT molecular complexity index is 1110. The summed E-state index contributed by atoms with van der Waals surface area (Å²) in [6.07, 6.45) is 1.40. The minimum absolute atomic E-state index is 0.186. The van der Waals surface area contributed by atoms with Gasteiger partial charge in [-0.25, -0.2) is 14.8 Å². The first-order valence-electron chi connectivity index (χ1n) is 8.29. The molecular weight excluding hydrogens is 362 g/mol. The predicted molar refractivity (Wildman–Crippen MR) is 104 cm³/mol. The van der Waals surface area contributed by atoms with Gasteiger partial charge in [0.25, 0.3) is 11.5 Å². The van der Waals surface area contributed by atoms with E-state index in [0.717, 1.165) is 21.8 Å². The Hall–Kier alpha value is -3.98. The Balaban J connectivity index is 2.04. The van der Waals surface area contributed by atoms with Crippen LogP contribution in [0.25, 0.3) is 0 Å². The van der Waals surface area contributed by atoms with Crippen LogP contribution in [0.1, 0.15) is 15.9 Å². The SMILES string of the molecule is Cc1ccccc1N(NN(C=O)c1c[nH]c(=O)[nH]c1=O)C(=O)c1ccccc1. The first-order chi connectivity index (χ1) is 13.5. The van der Waals surface area contributed by atoms with E-state index in [1.54, 1.807) is 55.5 Å². The summed E-state index contributed by atoms with van der Waals surface area (Å²) in [5.74, 6) is -0.442. The number of benzene rings is 2. The van der Waals surface area contributed by atoms with Gasteiger partial charge in [-0.15, -0.1) is 5.53 Å². The average Bonchev–Trinajstić information content (AvgIpc) is 2.71. The molecule has 3 N–H and O–H groups in total. The number of nitrogens with one attached hydrogen (secondary N) is 3. The Labute approximate surface area is 159 Å². The minimum Gasteiger partial charge on any atom is -0.312 e. The second-order valence-corrected chi connectivity index (χ2v) is 5.83. The molecule has 0 fully saturated rings. The number of H-pyrrole nitrogens is 2. The van der Waals surface area contributed by atoms with E-state index in [4.69, 9.17) is 0 Å². The lowest BCUT2D eigenvalue weighted by Gasteiger charge is -2.29. The van der Waals surface area contributed by atoms with Crippen molar-refractivity contribution in [2.75, 3.05) is 10.0 Å². The van der Waals surface area contributed by atoms with Crippen molar-refractivity contribution < 1.29 is 9.59 Å². The number of hydrogen-bond donors (Lipinski definition) is 3.